The molecule has 5 nitrogen and oxygen atoms in total. The molecular weight excluding hydrogens is 300 g/mol. The third-order valence-corrected chi connectivity index (χ3v) is 5.45. The summed E-state index contributed by atoms with van der Waals surface area (Å²) in [4.78, 5) is 11.9. The SMILES string of the molecule is CCc1ccc(C(=O)NCCS(=O)(=O)NCC2CCC2)cc1. The van der Waals surface area contributed by atoms with Crippen molar-refractivity contribution in [1.82, 2.24) is 10.0 Å². The second-order valence-corrected chi connectivity index (χ2v) is 7.70. The van der Waals surface area contributed by atoms with Crippen LogP contribution >= 0.6 is 0 Å². The van der Waals surface area contributed by atoms with Crippen molar-refractivity contribution >= 4 is 15.9 Å². The van der Waals surface area contributed by atoms with Crippen LogP contribution in [-0.4, -0.2) is 33.2 Å². The van der Waals surface area contributed by atoms with Crippen LogP contribution in [0.15, 0.2) is 24.3 Å². The molecule has 0 aliphatic heterocycles. The zero-order valence-electron chi connectivity index (χ0n) is 13.0. The number of aryl methyl sites for hydroxylation is 1. The van der Waals surface area contributed by atoms with Gasteiger partial charge in [-0.1, -0.05) is 25.5 Å². The van der Waals surface area contributed by atoms with Crippen LogP contribution in [0, 0.1) is 5.92 Å². The van der Waals surface area contributed by atoms with E-state index in [9.17, 15) is 13.2 Å². The maximum atomic E-state index is 11.9. The Kier molecular flexibility index (Phi) is 5.97. The van der Waals surface area contributed by atoms with E-state index in [1.165, 1.54) is 12.0 Å². The van der Waals surface area contributed by atoms with Gasteiger partial charge in [0.25, 0.3) is 5.91 Å². The van der Waals surface area contributed by atoms with E-state index in [2.05, 4.69) is 17.0 Å². The second kappa shape index (κ2) is 7.74. The molecule has 1 aromatic carbocycles. The van der Waals surface area contributed by atoms with Gasteiger partial charge in [0.05, 0.1) is 5.75 Å². The molecule has 1 aliphatic carbocycles. The summed E-state index contributed by atoms with van der Waals surface area (Å²) >= 11 is 0. The molecule has 0 bridgehead atoms. The third kappa shape index (κ3) is 5.10. The van der Waals surface area contributed by atoms with Crippen molar-refractivity contribution in [3.05, 3.63) is 35.4 Å². The fourth-order valence-corrected chi connectivity index (χ4v) is 3.31. The number of carbonyl (C=O) groups is 1. The maximum absolute atomic E-state index is 11.9. The van der Waals surface area contributed by atoms with Crippen LogP contribution in [0.1, 0.15) is 42.1 Å². The smallest absolute Gasteiger partial charge is 0.251 e. The highest BCUT2D eigenvalue weighted by Crippen LogP contribution is 2.25. The van der Waals surface area contributed by atoms with E-state index in [-0.39, 0.29) is 18.2 Å². The molecule has 0 aromatic heterocycles. The predicted octanol–water partition coefficient (Wildman–Crippen LogP) is 1.70. The largest absolute Gasteiger partial charge is 0.351 e. The lowest BCUT2D eigenvalue weighted by Gasteiger charge is -2.25. The highest BCUT2D eigenvalue weighted by Gasteiger charge is 2.20. The molecule has 0 atom stereocenters. The van der Waals surface area contributed by atoms with Crippen molar-refractivity contribution in [2.75, 3.05) is 18.8 Å². The number of hydrogen-bond acceptors (Lipinski definition) is 3. The lowest BCUT2D eigenvalue weighted by molar-refractivity contribution is 0.0956. The Morgan fingerprint density at radius 1 is 1.23 bits per heavy atom. The molecule has 1 saturated carbocycles. The molecule has 0 radical (unpaired) electrons. The van der Waals surface area contributed by atoms with Gasteiger partial charge in [-0.25, -0.2) is 13.1 Å². The number of carbonyl (C=O) groups excluding carboxylic acids is 1. The summed E-state index contributed by atoms with van der Waals surface area (Å²) in [6, 6.07) is 7.34. The van der Waals surface area contributed by atoms with Gasteiger partial charge in [-0.15, -0.1) is 0 Å². The molecule has 1 fully saturated rings. The molecular formula is C16H24N2O3S. The fraction of sp³-hybridized carbons (Fsp3) is 0.562. The third-order valence-electron chi connectivity index (χ3n) is 4.10. The molecule has 2 N–H and O–H groups in total. The van der Waals surface area contributed by atoms with Crippen LogP contribution in [0.25, 0.3) is 0 Å². The molecule has 0 spiro atoms. The van der Waals surface area contributed by atoms with E-state index in [4.69, 9.17) is 0 Å². The average molecular weight is 324 g/mol. The second-order valence-electron chi connectivity index (χ2n) is 5.77. The first-order chi connectivity index (χ1) is 10.5. The number of rotatable bonds is 8. The summed E-state index contributed by atoms with van der Waals surface area (Å²) in [5, 5.41) is 2.65. The van der Waals surface area contributed by atoms with Gasteiger partial charge in [0.2, 0.25) is 10.0 Å². The molecule has 22 heavy (non-hydrogen) atoms. The van der Waals surface area contributed by atoms with E-state index >= 15 is 0 Å². The first-order valence-electron chi connectivity index (χ1n) is 7.84. The topological polar surface area (TPSA) is 75.3 Å². The van der Waals surface area contributed by atoms with E-state index < -0.39 is 10.0 Å². The van der Waals surface area contributed by atoms with Crippen LogP contribution in [0.2, 0.25) is 0 Å². The van der Waals surface area contributed by atoms with Crippen LogP contribution in [0.4, 0.5) is 0 Å². The van der Waals surface area contributed by atoms with Gasteiger partial charge < -0.3 is 5.32 Å². The highest BCUT2D eigenvalue weighted by molar-refractivity contribution is 7.89. The van der Waals surface area contributed by atoms with E-state index in [0.29, 0.717) is 18.0 Å². The molecule has 0 heterocycles. The monoisotopic (exact) mass is 324 g/mol. The van der Waals surface area contributed by atoms with Crippen LogP contribution in [0.5, 0.6) is 0 Å². The lowest BCUT2D eigenvalue weighted by atomic mass is 9.86. The van der Waals surface area contributed by atoms with Gasteiger partial charge in [0.1, 0.15) is 0 Å². The lowest BCUT2D eigenvalue weighted by Crippen LogP contribution is -2.37. The maximum Gasteiger partial charge on any atom is 0.251 e. The van der Waals surface area contributed by atoms with Crippen molar-refractivity contribution in [3.8, 4) is 0 Å². The first-order valence-corrected chi connectivity index (χ1v) is 9.50. The quantitative estimate of drug-likeness (QED) is 0.764. The molecule has 2 rings (SSSR count). The van der Waals surface area contributed by atoms with Gasteiger partial charge in [-0.3, -0.25) is 4.79 Å². The normalized spacial score (nSPS) is 15.3. The summed E-state index contributed by atoms with van der Waals surface area (Å²) < 4.78 is 26.2. The molecule has 1 amide bonds. The Hall–Kier alpha value is -1.40. The summed E-state index contributed by atoms with van der Waals surface area (Å²) in [6.07, 6.45) is 4.33. The summed E-state index contributed by atoms with van der Waals surface area (Å²) in [6.45, 7) is 2.69. The summed E-state index contributed by atoms with van der Waals surface area (Å²) in [5.74, 6) is 0.164. The minimum Gasteiger partial charge on any atom is -0.351 e. The van der Waals surface area contributed by atoms with Gasteiger partial charge in [0.15, 0.2) is 0 Å². The van der Waals surface area contributed by atoms with Crippen molar-refractivity contribution in [2.45, 2.75) is 32.6 Å². The minimum atomic E-state index is -3.31. The Labute approximate surface area is 132 Å². The van der Waals surface area contributed by atoms with Crippen LogP contribution < -0.4 is 10.0 Å². The number of amides is 1. The van der Waals surface area contributed by atoms with Crippen LogP contribution in [0.3, 0.4) is 0 Å². The molecule has 122 valence electrons. The van der Waals surface area contributed by atoms with Gasteiger partial charge >= 0.3 is 0 Å². The van der Waals surface area contributed by atoms with Crippen molar-refractivity contribution in [2.24, 2.45) is 5.92 Å². The van der Waals surface area contributed by atoms with Crippen molar-refractivity contribution < 1.29 is 13.2 Å². The van der Waals surface area contributed by atoms with Crippen molar-refractivity contribution in [3.63, 3.8) is 0 Å². The zero-order chi connectivity index (χ0) is 16.0. The van der Waals surface area contributed by atoms with Crippen LogP contribution in [-0.2, 0) is 16.4 Å². The molecule has 0 saturated heterocycles. The Balaban J connectivity index is 1.72. The fourth-order valence-electron chi connectivity index (χ4n) is 2.31. The molecule has 1 aromatic rings. The predicted molar refractivity (Wildman–Crippen MR) is 87.3 cm³/mol. The molecule has 6 heteroatoms. The van der Waals surface area contributed by atoms with Gasteiger partial charge in [-0.2, -0.15) is 0 Å². The standard InChI is InChI=1S/C16H24N2O3S/c1-2-13-6-8-15(9-7-13)16(19)17-10-11-22(20,21)18-12-14-4-3-5-14/h6-9,14,18H,2-5,10-12H2,1H3,(H,17,19). The summed E-state index contributed by atoms with van der Waals surface area (Å²) in [7, 11) is -3.31. The number of hydrogen-bond donors (Lipinski definition) is 2. The summed E-state index contributed by atoms with van der Waals surface area (Å²) in [5.41, 5.74) is 1.72. The Morgan fingerprint density at radius 2 is 1.91 bits per heavy atom. The van der Waals surface area contributed by atoms with E-state index in [1.54, 1.807) is 12.1 Å². The average Bonchev–Trinajstić information content (AvgIpc) is 2.45. The molecule has 0 unspecified atom stereocenters. The van der Waals surface area contributed by atoms with Gasteiger partial charge in [-0.05, 0) is 42.9 Å². The Bertz CT molecular complexity index is 592. The van der Waals surface area contributed by atoms with E-state index in [1.807, 2.05) is 12.1 Å². The number of nitrogens with one attached hydrogen (secondary N) is 2. The molecule has 1 aliphatic rings. The van der Waals surface area contributed by atoms with E-state index in [0.717, 1.165) is 19.3 Å². The van der Waals surface area contributed by atoms with Crippen molar-refractivity contribution in [1.29, 1.82) is 0 Å². The first kappa shape index (κ1) is 17.0. The zero-order valence-corrected chi connectivity index (χ0v) is 13.8. The van der Waals surface area contributed by atoms with Gasteiger partial charge in [0, 0.05) is 18.7 Å². The number of benzene rings is 1. The highest BCUT2D eigenvalue weighted by atomic mass is 32.2. The Morgan fingerprint density at radius 3 is 2.45 bits per heavy atom. The minimum absolute atomic E-state index is 0.0848. The number of sulfonamides is 1.